The Bertz CT molecular complexity index is 1200. The van der Waals surface area contributed by atoms with Crippen LogP contribution in [0.3, 0.4) is 0 Å². The maximum absolute atomic E-state index is 14.1. The van der Waals surface area contributed by atoms with Crippen LogP contribution in [-0.2, 0) is 0 Å². The molecule has 1 saturated heterocycles. The fourth-order valence-electron chi connectivity index (χ4n) is 3.89. The molecule has 1 aromatic carbocycles. The molecule has 14 heteroatoms. The molecule has 3 heterocycles. The standard InChI is InChI=1S/C20H20F5N7O2/c1-9(11-4-10(21)2-3-12(11)22)28-19(34)16-15-17(26-8-27-18(15)31-30-16)29-13-5-32(6-14(13)33)7-20(23,24)25/h2-4,8-9,13-14,33H,5-7H2,1H3,(H,28,34)(H2,26,27,29,30,31)/t9-,13-,14-/m1/s1. The molecule has 4 N–H and O–H groups in total. The minimum Gasteiger partial charge on any atom is -0.390 e. The Balaban J connectivity index is 1.55. The summed E-state index contributed by atoms with van der Waals surface area (Å²) in [7, 11) is 0. The summed E-state index contributed by atoms with van der Waals surface area (Å²) in [5.41, 5.74) is -0.0742. The van der Waals surface area contributed by atoms with Gasteiger partial charge in [0.25, 0.3) is 5.91 Å². The summed E-state index contributed by atoms with van der Waals surface area (Å²) in [6, 6.07) is 1.15. The molecule has 0 bridgehead atoms. The first-order chi connectivity index (χ1) is 16.0. The van der Waals surface area contributed by atoms with Crippen LogP contribution in [0.25, 0.3) is 11.0 Å². The highest BCUT2D eigenvalue weighted by Crippen LogP contribution is 2.26. The van der Waals surface area contributed by atoms with E-state index in [9.17, 15) is 31.9 Å². The number of aromatic nitrogens is 4. The third kappa shape index (κ3) is 5.07. The van der Waals surface area contributed by atoms with E-state index < -0.39 is 48.5 Å². The van der Waals surface area contributed by atoms with Crippen LogP contribution in [0.5, 0.6) is 0 Å². The molecule has 0 saturated carbocycles. The van der Waals surface area contributed by atoms with Gasteiger partial charge in [0, 0.05) is 18.7 Å². The minimum absolute atomic E-state index is 0.0679. The van der Waals surface area contributed by atoms with Gasteiger partial charge in [0.1, 0.15) is 23.8 Å². The van der Waals surface area contributed by atoms with Crippen LogP contribution in [0.4, 0.5) is 27.8 Å². The Hall–Kier alpha value is -3.39. The summed E-state index contributed by atoms with van der Waals surface area (Å²) in [5.74, 6) is -2.04. The van der Waals surface area contributed by atoms with Gasteiger partial charge in [-0.2, -0.15) is 18.3 Å². The van der Waals surface area contributed by atoms with E-state index in [2.05, 4.69) is 30.8 Å². The number of alkyl halides is 3. The predicted molar refractivity (Wildman–Crippen MR) is 110 cm³/mol. The summed E-state index contributed by atoms with van der Waals surface area (Å²) >= 11 is 0. The number of fused-ring (bicyclic) bond motifs is 1. The van der Waals surface area contributed by atoms with Crippen LogP contribution in [0.15, 0.2) is 24.5 Å². The average Bonchev–Trinajstić information content (AvgIpc) is 3.32. The Kier molecular flexibility index (Phi) is 6.36. The first-order valence-electron chi connectivity index (χ1n) is 10.2. The van der Waals surface area contributed by atoms with Crippen molar-refractivity contribution >= 4 is 22.8 Å². The van der Waals surface area contributed by atoms with Gasteiger partial charge in [-0.15, -0.1) is 0 Å². The number of β-amino-alcohol motifs (C(OH)–C–C–N with tert-alkyl or cyclic N) is 1. The number of amides is 1. The van der Waals surface area contributed by atoms with Crippen LogP contribution in [0.1, 0.15) is 29.0 Å². The number of H-pyrrole nitrogens is 1. The third-order valence-corrected chi connectivity index (χ3v) is 5.43. The first-order valence-corrected chi connectivity index (χ1v) is 10.2. The van der Waals surface area contributed by atoms with Gasteiger partial charge >= 0.3 is 6.18 Å². The van der Waals surface area contributed by atoms with E-state index in [1.54, 1.807) is 0 Å². The highest BCUT2D eigenvalue weighted by Gasteiger charge is 2.39. The van der Waals surface area contributed by atoms with Crippen molar-refractivity contribution < 1.29 is 31.9 Å². The molecule has 1 fully saturated rings. The smallest absolute Gasteiger partial charge is 0.390 e. The molecule has 1 aliphatic rings. The number of nitrogens with zero attached hydrogens (tertiary/aromatic N) is 4. The number of aromatic amines is 1. The molecular weight excluding hydrogens is 465 g/mol. The number of aliphatic hydroxyl groups is 1. The van der Waals surface area contributed by atoms with E-state index in [4.69, 9.17) is 0 Å². The highest BCUT2D eigenvalue weighted by atomic mass is 19.4. The fourth-order valence-corrected chi connectivity index (χ4v) is 3.89. The second kappa shape index (κ2) is 9.10. The van der Waals surface area contributed by atoms with E-state index >= 15 is 0 Å². The van der Waals surface area contributed by atoms with Gasteiger partial charge in [-0.1, -0.05) is 0 Å². The Morgan fingerprint density at radius 3 is 2.79 bits per heavy atom. The number of rotatable bonds is 6. The molecule has 0 unspecified atom stereocenters. The predicted octanol–water partition coefficient (Wildman–Crippen LogP) is 2.14. The molecule has 0 spiro atoms. The fraction of sp³-hybridized carbons (Fsp3) is 0.400. The molecule has 2 aromatic heterocycles. The van der Waals surface area contributed by atoms with Crippen molar-refractivity contribution in [2.45, 2.75) is 31.3 Å². The van der Waals surface area contributed by atoms with Gasteiger partial charge in [-0.25, -0.2) is 18.7 Å². The SMILES string of the molecule is C[C@@H](NC(=O)c1n[nH]c2ncnc(N[C@@H]3CN(CC(F)(F)F)C[C@H]3O)c12)c1cc(F)ccc1F. The quantitative estimate of drug-likeness (QED) is 0.395. The molecule has 4 rings (SSSR count). The second-order valence-corrected chi connectivity index (χ2v) is 8.01. The number of hydrogen-bond donors (Lipinski definition) is 4. The summed E-state index contributed by atoms with van der Waals surface area (Å²) in [5, 5.41) is 22.3. The number of hydrogen-bond acceptors (Lipinski definition) is 7. The number of likely N-dealkylation sites (tertiary alicyclic amines) is 1. The molecule has 3 atom stereocenters. The minimum atomic E-state index is -4.41. The molecule has 1 aliphatic heterocycles. The number of carbonyl (C=O) groups excluding carboxylic acids is 1. The first kappa shape index (κ1) is 23.8. The van der Waals surface area contributed by atoms with E-state index in [-0.39, 0.29) is 41.2 Å². The molecule has 1 amide bonds. The van der Waals surface area contributed by atoms with E-state index in [1.165, 1.54) is 6.92 Å². The van der Waals surface area contributed by atoms with E-state index in [0.717, 1.165) is 29.4 Å². The maximum Gasteiger partial charge on any atom is 0.401 e. The van der Waals surface area contributed by atoms with Crippen molar-refractivity contribution in [2.75, 3.05) is 25.0 Å². The van der Waals surface area contributed by atoms with Gasteiger partial charge in [0.2, 0.25) is 0 Å². The largest absolute Gasteiger partial charge is 0.401 e. The number of anilines is 1. The van der Waals surface area contributed by atoms with Gasteiger partial charge in [0.15, 0.2) is 11.3 Å². The van der Waals surface area contributed by atoms with Gasteiger partial charge in [0.05, 0.1) is 30.1 Å². The lowest BCUT2D eigenvalue weighted by Crippen LogP contribution is -2.34. The lowest BCUT2D eigenvalue weighted by Gasteiger charge is -2.19. The number of halogens is 5. The molecule has 182 valence electrons. The van der Waals surface area contributed by atoms with Crippen molar-refractivity contribution in [1.82, 2.24) is 30.4 Å². The molecule has 0 aliphatic carbocycles. The van der Waals surface area contributed by atoms with Crippen LogP contribution < -0.4 is 10.6 Å². The van der Waals surface area contributed by atoms with Crippen molar-refractivity contribution in [3.05, 3.63) is 47.4 Å². The van der Waals surface area contributed by atoms with Crippen molar-refractivity contribution in [2.24, 2.45) is 0 Å². The van der Waals surface area contributed by atoms with E-state index in [1.807, 2.05) is 0 Å². The van der Waals surface area contributed by atoms with Crippen molar-refractivity contribution in [3.8, 4) is 0 Å². The van der Waals surface area contributed by atoms with Crippen molar-refractivity contribution in [3.63, 3.8) is 0 Å². The molecule has 0 radical (unpaired) electrons. The number of aliphatic hydroxyl groups excluding tert-OH is 1. The van der Waals surface area contributed by atoms with Crippen molar-refractivity contribution in [1.29, 1.82) is 0 Å². The Morgan fingerprint density at radius 1 is 1.29 bits per heavy atom. The van der Waals surface area contributed by atoms with Crippen LogP contribution in [-0.4, -0.2) is 74.0 Å². The lowest BCUT2D eigenvalue weighted by molar-refractivity contribution is -0.144. The third-order valence-electron chi connectivity index (χ3n) is 5.43. The van der Waals surface area contributed by atoms with Crippen LogP contribution in [0.2, 0.25) is 0 Å². The Morgan fingerprint density at radius 2 is 2.06 bits per heavy atom. The highest BCUT2D eigenvalue weighted by molar-refractivity contribution is 6.07. The maximum atomic E-state index is 14.1. The second-order valence-electron chi connectivity index (χ2n) is 8.01. The van der Waals surface area contributed by atoms with Crippen LogP contribution in [0, 0.1) is 11.6 Å². The zero-order chi connectivity index (χ0) is 24.6. The average molecular weight is 485 g/mol. The summed E-state index contributed by atoms with van der Waals surface area (Å²) in [6.07, 6.45) is -4.37. The summed E-state index contributed by atoms with van der Waals surface area (Å²) in [6.45, 7) is -0.0119. The van der Waals surface area contributed by atoms with E-state index in [0.29, 0.717) is 0 Å². The van der Waals surface area contributed by atoms with Gasteiger partial charge in [-0.3, -0.25) is 14.8 Å². The van der Waals surface area contributed by atoms with Gasteiger partial charge in [-0.05, 0) is 25.1 Å². The number of carbonyl (C=O) groups is 1. The topological polar surface area (TPSA) is 119 Å². The molecule has 3 aromatic rings. The normalized spacial score (nSPS) is 20.0. The molecule has 9 nitrogen and oxygen atoms in total. The number of nitrogens with one attached hydrogen (secondary N) is 3. The summed E-state index contributed by atoms with van der Waals surface area (Å²) in [4.78, 5) is 22.0. The zero-order valence-electron chi connectivity index (χ0n) is 17.7. The lowest BCUT2D eigenvalue weighted by atomic mass is 10.1. The van der Waals surface area contributed by atoms with Gasteiger partial charge < -0.3 is 15.7 Å². The zero-order valence-corrected chi connectivity index (χ0v) is 17.7. The summed E-state index contributed by atoms with van der Waals surface area (Å²) < 4.78 is 65.7. The molecule has 34 heavy (non-hydrogen) atoms. The molecular formula is C20H20F5N7O2. The van der Waals surface area contributed by atoms with Crippen LogP contribution >= 0.6 is 0 Å². The monoisotopic (exact) mass is 485 g/mol. The Labute approximate surface area is 189 Å². The number of benzene rings is 1.